The molecule has 2 aromatic carbocycles. The number of hydrogen-bond donors (Lipinski definition) is 3. The second-order valence-electron chi connectivity index (χ2n) is 10.1. The van der Waals surface area contributed by atoms with E-state index in [1.165, 1.54) is 12.4 Å². The lowest BCUT2D eigenvalue weighted by atomic mass is 9.84. The van der Waals surface area contributed by atoms with Gasteiger partial charge < -0.3 is 30.3 Å². The van der Waals surface area contributed by atoms with Gasteiger partial charge in [0, 0.05) is 43.7 Å². The molecule has 2 aromatic rings. The van der Waals surface area contributed by atoms with Crippen molar-refractivity contribution >= 4 is 35.2 Å². The molecule has 1 atom stereocenters. The molecule has 2 heterocycles. The summed E-state index contributed by atoms with van der Waals surface area (Å²) in [5, 5.41) is 8.94. The fraction of sp³-hybridized carbons (Fsp3) is 0.444. The summed E-state index contributed by atoms with van der Waals surface area (Å²) in [5.74, 6) is -0.549. The smallest absolute Gasteiger partial charge is 0.233 e. The predicted molar refractivity (Wildman–Crippen MR) is 142 cm³/mol. The second-order valence-corrected chi connectivity index (χ2v) is 10.1. The number of rotatable bonds is 9. The molecular weight excluding hydrogens is 477 g/mol. The Balaban J connectivity index is 1.34. The number of ether oxygens (including phenoxy) is 2. The van der Waals surface area contributed by atoms with E-state index in [2.05, 4.69) is 34.8 Å². The van der Waals surface area contributed by atoms with E-state index in [0.29, 0.717) is 54.7 Å². The fourth-order valence-corrected chi connectivity index (χ4v) is 4.58. The van der Waals surface area contributed by atoms with E-state index in [0.717, 1.165) is 12.8 Å². The number of carbonyl (C=O) groups excluding carboxylic acids is 2. The van der Waals surface area contributed by atoms with Crippen LogP contribution in [-0.2, 0) is 14.3 Å². The minimum absolute atomic E-state index is 0.0786. The molecule has 0 radical (unpaired) electrons. The highest BCUT2D eigenvalue weighted by Crippen LogP contribution is 2.35. The second kappa shape index (κ2) is 11.6. The van der Waals surface area contributed by atoms with Crippen molar-refractivity contribution in [3.8, 4) is 5.75 Å². The Morgan fingerprint density at radius 3 is 2.68 bits per heavy atom. The van der Waals surface area contributed by atoms with Gasteiger partial charge in [-0.15, -0.1) is 0 Å². The lowest BCUT2D eigenvalue weighted by molar-refractivity contribution is -0.137. The molecule has 0 aromatic heterocycles. The third-order valence-electron chi connectivity index (χ3n) is 6.41. The Hall–Kier alpha value is -3.66. The summed E-state index contributed by atoms with van der Waals surface area (Å²) in [7, 11) is 1.57. The van der Waals surface area contributed by atoms with Crippen LogP contribution in [0, 0.1) is 11.2 Å². The Morgan fingerprint density at radius 1 is 1.19 bits per heavy atom. The van der Waals surface area contributed by atoms with Crippen molar-refractivity contribution in [1.29, 1.82) is 0 Å². The number of nitrogens with one attached hydrogen (secondary N) is 3. The first-order valence-electron chi connectivity index (χ1n) is 12.4. The maximum atomic E-state index is 14.9. The maximum Gasteiger partial charge on any atom is 0.233 e. The largest absolute Gasteiger partial charge is 0.491 e. The summed E-state index contributed by atoms with van der Waals surface area (Å²) in [6, 6.07) is 10.0. The van der Waals surface area contributed by atoms with Gasteiger partial charge >= 0.3 is 0 Å². The number of benzene rings is 2. The molecule has 37 heavy (non-hydrogen) atoms. The van der Waals surface area contributed by atoms with Crippen LogP contribution in [0.5, 0.6) is 5.75 Å². The summed E-state index contributed by atoms with van der Waals surface area (Å²) in [6.45, 7) is 6.37. The predicted octanol–water partition coefficient (Wildman–Crippen LogP) is 4.39. The standard InChI is InChI=1S/C27H34FN5O4/c1-27(2)9-4-10-33(16-27)24(35)15-23(34)31-18-5-7-19(8-6-18)32-26-25-21(28)13-20(37-12-11-36-3)14-22(25)29-17-30-26/h5-8,13-14,17,26,32H,4,9-12,15-16H2,1-3H3,(H,29,30)(H,31,34). The van der Waals surface area contributed by atoms with Crippen LogP contribution in [0.4, 0.5) is 21.5 Å². The van der Waals surface area contributed by atoms with Crippen molar-refractivity contribution in [2.75, 3.05) is 49.4 Å². The summed E-state index contributed by atoms with van der Waals surface area (Å²) >= 11 is 0. The van der Waals surface area contributed by atoms with Crippen molar-refractivity contribution in [3.05, 3.63) is 47.8 Å². The van der Waals surface area contributed by atoms with E-state index >= 15 is 0 Å². The van der Waals surface area contributed by atoms with Crippen LogP contribution in [-0.4, -0.2) is 56.5 Å². The van der Waals surface area contributed by atoms with Gasteiger partial charge in [0.05, 0.1) is 24.2 Å². The van der Waals surface area contributed by atoms with E-state index in [1.54, 1.807) is 42.3 Å². The van der Waals surface area contributed by atoms with Crippen molar-refractivity contribution in [2.24, 2.45) is 10.4 Å². The normalized spacial score (nSPS) is 17.9. The lowest BCUT2D eigenvalue weighted by Gasteiger charge is -2.38. The number of amides is 2. The molecule has 9 nitrogen and oxygen atoms in total. The minimum Gasteiger partial charge on any atom is -0.491 e. The van der Waals surface area contributed by atoms with Crippen LogP contribution in [0.15, 0.2) is 41.4 Å². The van der Waals surface area contributed by atoms with Crippen LogP contribution in [0.1, 0.15) is 44.8 Å². The van der Waals surface area contributed by atoms with Crippen LogP contribution < -0.4 is 20.7 Å². The minimum atomic E-state index is -0.642. The molecule has 1 saturated heterocycles. The van der Waals surface area contributed by atoms with E-state index in [-0.39, 0.29) is 23.7 Å². The molecule has 198 valence electrons. The molecule has 1 unspecified atom stereocenters. The highest BCUT2D eigenvalue weighted by Gasteiger charge is 2.30. The van der Waals surface area contributed by atoms with E-state index < -0.39 is 12.0 Å². The molecule has 2 amide bonds. The van der Waals surface area contributed by atoms with Gasteiger partial charge in [-0.05, 0) is 42.5 Å². The number of anilines is 3. The zero-order chi connectivity index (χ0) is 26.4. The van der Waals surface area contributed by atoms with Gasteiger partial charge in [-0.2, -0.15) is 0 Å². The van der Waals surface area contributed by atoms with E-state index in [4.69, 9.17) is 9.47 Å². The van der Waals surface area contributed by atoms with Crippen molar-refractivity contribution in [3.63, 3.8) is 0 Å². The van der Waals surface area contributed by atoms with Gasteiger partial charge in [0.1, 0.15) is 24.6 Å². The number of fused-ring (bicyclic) bond motifs is 1. The molecule has 2 aliphatic heterocycles. The number of likely N-dealkylation sites (tertiary alicyclic amines) is 1. The van der Waals surface area contributed by atoms with Gasteiger partial charge in [0.2, 0.25) is 11.8 Å². The fourth-order valence-electron chi connectivity index (χ4n) is 4.58. The Morgan fingerprint density at radius 2 is 1.95 bits per heavy atom. The quantitative estimate of drug-likeness (QED) is 0.341. The van der Waals surface area contributed by atoms with Crippen molar-refractivity contribution in [2.45, 2.75) is 39.3 Å². The number of carbonyl (C=O) groups is 2. The van der Waals surface area contributed by atoms with Crippen LogP contribution in [0.3, 0.4) is 0 Å². The number of methoxy groups -OCH3 is 1. The molecule has 0 spiro atoms. The topological polar surface area (TPSA) is 104 Å². The van der Waals surface area contributed by atoms with Crippen LogP contribution in [0.2, 0.25) is 0 Å². The molecular formula is C27H34FN5O4. The number of nitrogens with zero attached hydrogens (tertiary/aromatic N) is 2. The summed E-state index contributed by atoms with van der Waals surface area (Å²) in [5.41, 5.74) is 2.28. The van der Waals surface area contributed by atoms with Crippen molar-refractivity contribution in [1.82, 2.24) is 4.90 Å². The van der Waals surface area contributed by atoms with Gasteiger partial charge in [-0.1, -0.05) is 13.8 Å². The first-order chi connectivity index (χ1) is 17.7. The molecule has 3 N–H and O–H groups in total. The summed E-state index contributed by atoms with van der Waals surface area (Å²) in [4.78, 5) is 31.1. The molecule has 0 aliphatic carbocycles. The first kappa shape index (κ1) is 26.4. The number of hydrogen-bond acceptors (Lipinski definition) is 7. The SMILES string of the molecule is COCCOc1cc(F)c2c(c1)NC=NC2Nc1ccc(NC(=O)CC(=O)N2CCCC(C)(C)C2)cc1. The highest BCUT2D eigenvalue weighted by atomic mass is 19.1. The maximum absolute atomic E-state index is 14.9. The molecule has 0 saturated carbocycles. The van der Waals surface area contributed by atoms with Crippen molar-refractivity contribution < 1.29 is 23.5 Å². The summed E-state index contributed by atoms with van der Waals surface area (Å²) < 4.78 is 25.4. The van der Waals surface area contributed by atoms with Gasteiger partial charge in [-0.25, -0.2) is 9.38 Å². The van der Waals surface area contributed by atoms with Gasteiger partial charge in [0.15, 0.2) is 6.17 Å². The first-order valence-corrected chi connectivity index (χ1v) is 12.4. The zero-order valence-corrected chi connectivity index (χ0v) is 21.5. The molecule has 4 rings (SSSR count). The monoisotopic (exact) mass is 511 g/mol. The zero-order valence-electron chi connectivity index (χ0n) is 21.5. The van der Waals surface area contributed by atoms with Crippen LogP contribution >= 0.6 is 0 Å². The average molecular weight is 512 g/mol. The number of piperidine rings is 1. The number of halogens is 1. The molecule has 1 fully saturated rings. The van der Waals surface area contributed by atoms with E-state index in [9.17, 15) is 14.0 Å². The molecule has 0 bridgehead atoms. The lowest BCUT2D eigenvalue weighted by Crippen LogP contribution is -2.44. The molecule has 10 heteroatoms. The van der Waals surface area contributed by atoms with Gasteiger partial charge in [-0.3, -0.25) is 9.59 Å². The third-order valence-corrected chi connectivity index (χ3v) is 6.41. The average Bonchev–Trinajstić information content (AvgIpc) is 2.84. The molecule has 2 aliphatic rings. The van der Waals surface area contributed by atoms with Crippen LogP contribution in [0.25, 0.3) is 0 Å². The Labute approximate surface area is 216 Å². The Bertz CT molecular complexity index is 1150. The number of aliphatic imine (C=N–C) groups is 1. The third kappa shape index (κ3) is 6.97. The van der Waals surface area contributed by atoms with Gasteiger partial charge in [0.25, 0.3) is 0 Å². The van der Waals surface area contributed by atoms with E-state index in [1.807, 2.05) is 0 Å². The highest BCUT2D eigenvalue weighted by molar-refractivity contribution is 6.03. The Kier molecular flexibility index (Phi) is 8.27. The summed E-state index contributed by atoms with van der Waals surface area (Å²) in [6.07, 6.45) is 2.71.